The third-order valence-corrected chi connectivity index (χ3v) is 8.29. The highest BCUT2D eigenvalue weighted by atomic mass is 32.1. The van der Waals surface area contributed by atoms with Crippen LogP contribution in [-0.4, -0.2) is 47.9 Å². The summed E-state index contributed by atoms with van der Waals surface area (Å²) in [6, 6.07) is 5.64. The zero-order valence-electron chi connectivity index (χ0n) is 21.7. The Labute approximate surface area is 226 Å². The lowest BCUT2D eigenvalue weighted by Crippen LogP contribution is -2.35. The molecule has 1 aliphatic rings. The predicted molar refractivity (Wildman–Crippen MR) is 141 cm³/mol. The van der Waals surface area contributed by atoms with Crippen LogP contribution in [0.4, 0.5) is 23.4 Å². The molecule has 5 rings (SSSR count). The van der Waals surface area contributed by atoms with Gasteiger partial charge in [-0.05, 0) is 37.0 Å². The van der Waals surface area contributed by atoms with E-state index in [0.717, 1.165) is 17.4 Å². The highest BCUT2D eigenvalue weighted by molar-refractivity contribution is 7.19. The molecule has 0 bridgehead atoms. The highest BCUT2D eigenvalue weighted by Crippen LogP contribution is 2.46. The van der Waals surface area contributed by atoms with Gasteiger partial charge in [0, 0.05) is 35.0 Å². The molecule has 0 amide bonds. The average molecular weight is 560 g/mol. The minimum absolute atomic E-state index is 0.0260. The zero-order valence-corrected chi connectivity index (χ0v) is 22.5. The predicted octanol–water partition coefficient (Wildman–Crippen LogP) is 6.68. The molecule has 0 radical (unpaired) electrons. The first-order chi connectivity index (χ1) is 18.5. The standard InChI is InChI=1S/C27H25F4N5O2S/c1-13(2)22-17(12-32)20-15(5-6-18(28)23(20)39-22)16-11-19-21(34-24(16)27(29,30)31)25(35-26(33-19)37-4)36-8-10-38-9-7-14(36)3/h5-6,11,13-14H,7-10H2,1-4H3. The highest BCUT2D eigenvalue weighted by Gasteiger charge is 2.38. The first-order valence-electron chi connectivity index (χ1n) is 12.4. The van der Waals surface area contributed by atoms with Crippen LogP contribution in [0, 0.1) is 17.1 Å². The lowest BCUT2D eigenvalue weighted by atomic mass is 9.95. The molecule has 0 spiro atoms. The number of nitriles is 1. The van der Waals surface area contributed by atoms with Gasteiger partial charge in [-0.1, -0.05) is 19.9 Å². The maximum absolute atomic E-state index is 14.9. The number of halogens is 4. The van der Waals surface area contributed by atoms with Crippen molar-refractivity contribution < 1.29 is 27.0 Å². The van der Waals surface area contributed by atoms with Crippen LogP contribution in [0.5, 0.6) is 6.01 Å². The minimum atomic E-state index is -4.86. The second-order valence-corrected chi connectivity index (χ2v) is 10.7. The number of benzene rings is 1. The van der Waals surface area contributed by atoms with Crippen molar-refractivity contribution in [3.05, 3.63) is 40.2 Å². The van der Waals surface area contributed by atoms with Crippen molar-refractivity contribution in [2.45, 2.75) is 45.3 Å². The van der Waals surface area contributed by atoms with E-state index < -0.39 is 17.7 Å². The van der Waals surface area contributed by atoms with Crippen molar-refractivity contribution in [2.24, 2.45) is 0 Å². The summed E-state index contributed by atoms with van der Waals surface area (Å²) in [5.74, 6) is -0.514. The Morgan fingerprint density at radius 1 is 1.18 bits per heavy atom. The molecule has 1 aromatic carbocycles. The van der Waals surface area contributed by atoms with Crippen LogP contribution in [0.25, 0.3) is 32.2 Å². The van der Waals surface area contributed by atoms with Crippen molar-refractivity contribution in [3.63, 3.8) is 0 Å². The molecule has 4 aromatic rings. The van der Waals surface area contributed by atoms with E-state index in [9.17, 15) is 22.8 Å². The number of hydrogen-bond acceptors (Lipinski definition) is 8. The molecule has 0 N–H and O–H groups in total. The van der Waals surface area contributed by atoms with E-state index in [2.05, 4.69) is 21.0 Å². The van der Waals surface area contributed by atoms with E-state index in [1.807, 2.05) is 25.7 Å². The van der Waals surface area contributed by atoms with Crippen LogP contribution in [0.3, 0.4) is 0 Å². The number of aromatic nitrogens is 3. The fourth-order valence-corrected chi connectivity index (χ4v) is 6.06. The summed E-state index contributed by atoms with van der Waals surface area (Å²) in [7, 11) is 1.37. The van der Waals surface area contributed by atoms with Gasteiger partial charge in [0.1, 0.15) is 17.4 Å². The van der Waals surface area contributed by atoms with Crippen molar-refractivity contribution in [1.82, 2.24) is 15.0 Å². The SMILES string of the molecule is COc1nc(N2CCOCCC2C)c2nc(C(F)(F)F)c(-c3ccc(F)c4sc(C(C)C)c(C#N)c34)cc2n1. The lowest BCUT2D eigenvalue weighted by Gasteiger charge is -2.28. The van der Waals surface area contributed by atoms with E-state index in [0.29, 0.717) is 31.1 Å². The Balaban J connectivity index is 1.86. The third-order valence-electron chi connectivity index (χ3n) is 6.79. The van der Waals surface area contributed by atoms with Crippen LogP contribution in [-0.2, 0) is 10.9 Å². The van der Waals surface area contributed by atoms with E-state index in [-0.39, 0.29) is 61.6 Å². The van der Waals surface area contributed by atoms with Gasteiger partial charge in [-0.15, -0.1) is 11.3 Å². The molecule has 1 aliphatic heterocycles. The summed E-state index contributed by atoms with van der Waals surface area (Å²) in [6.45, 7) is 6.93. The Hall–Kier alpha value is -3.56. The topological polar surface area (TPSA) is 84.2 Å². The van der Waals surface area contributed by atoms with E-state index in [1.165, 1.54) is 19.2 Å². The zero-order chi connectivity index (χ0) is 28.1. The van der Waals surface area contributed by atoms with Crippen molar-refractivity contribution in [2.75, 3.05) is 31.8 Å². The van der Waals surface area contributed by atoms with Crippen LogP contribution < -0.4 is 9.64 Å². The number of fused-ring (bicyclic) bond motifs is 2. The van der Waals surface area contributed by atoms with Crippen LogP contribution in [0.15, 0.2) is 18.2 Å². The molecule has 1 saturated heterocycles. The first-order valence-corrected chi connectivity index (χ1v) is 13.2. The van der Waals surface area contributed by atoms with E-state index >= 15 is 0 Å². The molecule has 7 nitrogen and oxygen atoms in total. The van der Waals surface area contributed by atoms with Gasteiger partial charge < -0.3 is 14.4 Å². The molecule has 4 heterocycles. The monoisotopic (exact) mass is 559 g/mol. The second kappa shape index (κ2) is 10.2. The molecule has 1 fully saturated rings. The number of anilines is 1. The maximum Gasteiger partial charge on any atom is 0.433 e. The van der Waals surface area contributed by atoms with Gasteiger partial charge in [0.25, 0.3) is 0 Å². The Bertz CT molecular complexity index is 1610. The lowest BCUT2D eigenvalue weighted by molar-refractivity contribution is -0.140. The van der Waals surface area contributed by atoms with Gasteiger partial charge >= 0.3 is 12.2 Å². The van der Waals surface area contributed by atoms with Gasteiger partial charge in [0.2, 0.25) is 0 Å². The molecule has 12 heteroatoms. The van der Waals surface area contributed by atoms with Gasteiger partial charge in [-0.3, -0.25) is 0 Å². The van der Waals surface area contributed by atoms with Crippen molar-refractivity contribution in [3.8, 4) is 23.2 Å². The Kier molecular flexibility index (Phi) is 7.07. The summed E-state index contributed by atoms with van der Waals surface area (Å²) >= 11 is 1.08. The number of thiophene rings is 1. The van der Waals surface area contributed by atoms with Gasteiger partial charge in [0.05, 0.1) is 29.5 Å². The fraction of sp³-hybridized carbons (Fsp3) is 0.407. The molecule has 3 aromatic heterocycles. The minimum Gasteiger partial charge on any atom is -0.467 e. The Morgan fingerprint density at radius 3 is 2.62 bits per heavy atom. The quantitative estimate of drug-likeness (QED) is 0.258. The number of pyridine rings is 1. The van der Waals surface area contributed by atoms with E-state index in [4.69, 9.17) is 9.47 Å². The van der Waals surface area contributed by atoms with Gasteiger partial charge in [-0.2, -0.15) is 28.4 Å². The average Bonchev–Trinajstić information content (AvgIpc) is 3.17. The normalized spacial score (nSPS) is 16.6. The largest absolute Gasteiger partial charge is 0.467 e. The summed E-state index contributed by atoms with van der Waals surface area (Å²) in [4.78, 5) is 15.3. The molecule has 1 atom stereocenters. The maximum atomic E-state index is 14.9. The first kappa shape index (κ1) is 27.0. The summed E-state index contributed by atoms with van der Waals surface area (Å²) in [6.07, 6.45) is -4.21. The van der Waals surface area contributed by atoms with Crippen LogP contribution in [0.2, 0.25) is 0 Å². The molecular formula is C27H25F4N5O2S. The van der Waals surface area contributed by atoms with Crippen molar-refractivity contribution in [1.29, 1.82) is 5.26 Å². The van der Waals surface area contributed by atoms with Gasteiger partial charge in [-0.25, -0.2) is 9.37 Å². The number of hydrogen-bond donors (Lipinski definition) is 0. The molecule has 0 saturated carbocycles. The molecule has 39 heavy (non-hydrogen) atoms. The van der Waals surface area contributed by atoms with Crippen LogP contribution in [0.1, 0.15) is 49.2 Å². The second-order valence-electron chi connectivity index (χ2n) is 9.63. The number of nitrogens with zero attached hydrogens (tertiary/aromatic N) is 5. The number of methoxy groups -OCH3 is 1. The van der Waals surface area contributed by atoms with Crippen molar-refractivity contribution >= 4 is 38.3 Å². The molecule has 0 aliphatic carbocycles. The summed E-state index contributed by atoms with van der Waals surface area (Å²) in [5, 5.41) is 10.1. The number of ether oxygens (including phenoxy) is 2. The fourth-order valence-electron chi connectivity index (χ4n) is 4.88. The van der Waals surface area contributed by atoms with Crippen LogP contribution >= 0.6 is 11.3 Å². The molecule has 1 unspecified atom stereocenters. The molecular weight excluding hydrogens is 534 g/mol. The van der Waals surface area contributed by atoms with Gasteiger partial charge in [0.15, 0.2) is 11.5 Å². The third kappa shape index (κ3) is 4.74. The number of rotatable bonds is 4. The summed E-state index contributed by atoms with van der Waals surface area (Å²) < 4.78 is 69.7. The Morgan fingerprint density at radius 2 is 1.95 bits per heavy atom. The summed E-state index contributed by atoms with van der Waals surface area (Å²) in [5.41, 5.74) is -1.16. The smallest absolute Gasteiger partial charge is 0.433 e. The van der Waals surface area contributed by atoms with E-state index in [1.54, 1.807) is 0 Å². The molecule has 204 valence electrons. The number of alkyl halides is 3.